The maximum atomic E-state index is 12.1. The molecule has 1 N–H and O–H groups in total. The zero-order valence-electron chi connectivity index (χ0n) is 18.7. The molecule has 33 heavy (non-hydrogen) atoms. The highest BCUT2D eigenvalue weighted by molar-refractivity contribution is 7.99. The van der Waals surface area contributed by atoms with Gasteiger partial charge in [0, 0.05) is 43.4 Å². The summed E-state index contributed by atoms with van der Waals surface area (Å²) in [7, 11) is 2.12. The third kappa shape index (κ3) is 5.84. The highest BCUT2D eigenvalue weighted by Crippen LogP contribution is 2.32. The van der Waals surface area contributed by atoms with Crippen LogP contribution in [0.2, 0.25) is 0 Å². The van der Waals surface area contributed by atoms with Crippen LogP contribution >= 0.6 is 23.1 Å². The smallest absolute Gasteiger partial charge is 0.234 e. The lowest BCUT2D eigenvalue weighted by molar-refractivity contribution is -0.119. The summed E-state index contributed by atoms with van der Waals surface area (Å²) in [4.78, 5) is 31.6. The van der Waals surface area contributed by atoms with Crippen LogP contribution in [0, 0.1) is 12.8 Å². The van der Waals surface area contributed by atoms with E-state index in [2.05, 4.69) is 42.3 Å². The Hall–Kier alpha value is -2.63. The molecule has 1 aliphatic carbocycles. The fraction of sp³-hybridized carbons (Fsp3) is 0.455. The van der Waals surface area contributed by atoms with Gasteiger partial charge < -0.3 is 9.80 Å². The maximum absolute atomic E-state index is 12.1. The maximum Gasteiger partial charge on any atom is 0.234 e. The number of nitrogens with one attached hydrogen (secondary N) is 1. The van der Waals surface area contributed by atoms with Crippen molar-refractivity contribution in [2.75, 3.05) is 43.4 Å². The number of hydrogen-bond donors (Lipinski definition) is 1. The molecule has 0 bridgehead atoms. The summed E-state index contributed by atoms with van der Waals surface area (Å²) in [5, 5.41) is 13.5. The van der Waals surface area contributed by atoms with Gasteiger partial charge in [-0.2, -0.15) is 15.0 Å². The Bertz CT molecular complexity index is 1120. The lowest BCUT2D eigenvalue weighted by atomic mass is 10.1. The van der Waals surface area contributed by atoms with Crippen molar-refractivity contribution in [3.8, 4) is 0 Å². The van der Waals surface area contributed by atoms with Crippen LogP contribution in [-0.4, -0.2) is 69.1 Å². The number of benzene rings is 1. The Morgan fingerprint density at radius 3 is 2.52 bits per heavy atom. The molecular formula is C22H26N8OS2. The standard InChI is InChI=1S/C22H26N8OS2/c1-14-27-28-22(32-14)25-19-23-20(30-11-9-29(2)10-12-30)26-21(24-19)33-17-7-3-15(4-8-17)13-18(31)16-5-6-16/h3-4,7-8,16H,5-6,9-13H2,1-2H3,(H,23,24,25,26,28). The number of piperazine rings is 1. The molecule has 2 aromatic heterocycles. The van der Waals surface area contributed by atoms with E-state index in [0.717, 1.165) is 54.5 Å². The second kappa shape index (κ2) is 9.70. The number of nitrogens with zero attached hydrogens (tertiary/aromatic N) is 7. The fourth-order valence-corrected chi connectivity index (χ4v) is 4.90. The van der Waals surface area contributed by atoms with E-state index in [9.17, 15) is 4.79 Å². The van der Waals surface area contributed by atoms with Crippen molar-refractivity contribution in [3.05, 3.63) is 34.8 Å². The van der Waals surface area contributed by atoms with Crippen molar-refractivity contribution in [3.63, 3.8) is 0 Å². The van der Waals surface area contributed by atoms with Gasteiger partial charge in [0.2, 0.25) is 17.0 Å². The first-order valence-corrected chi connectivity index (χ1v) is 12.7. The minimum Gasteiger partial charge on any atom is -0.338 e. The van der Waals surface area contributed by atoms with Gasteiger partial charge in [0.25, 0.3) is 0 Å². The van der Waals surface area contributed by atoms with Crippen molar-refractivity contribution < 1.29 is 4.79 Å². The molecule has 172 valence electrons. The molecule has 2 aliphatic rings. The average Bonchev–Trinajstić information content (AvgIpc) is 3.58. The summed E-state index contributed by atoms with van der Waals surface area (Å²) < 4.78 is 0. The molecule has 2 fully saturated rings. The van der Waals surface area contributed by atoms with Gasteiger partial charge in [0.1, 0.15) is 10.8 Å². The van der Waals surface area contributed by atoms with Gasteiger partial charge in [-0.05, 0) is 56.3 Å². The highest BCUT2D eigenvalue weighted by atomic mass is 32.2. The number of aromatic nitrogens is 5. The molecule has 0 unspecified atom stereocenters. The fourth-order valence-electron chi connectivity index (χ4n) is 3.57. The second-order valence-electron chi connectivity index (χ2n) is 8.45. The van der Waals surface area contributed by atoms with Crippen molar-refractivity contribution >= 4 is 45.9 Å². The lowest BCUT2D eigenvalue weighted by Gasteiger charge is -2.32. The van der Waals surface area contributed by atoms with Gasteiger partial charge in [-0.15, -0.1) is 10.2 Å². The Balaban J connectivity index is 1.35. The number of rotatable bonds is 8. The van der Waals surface area contributed by atoms with Crippen LogP contribution in [0.3, 0.4) is 0 Å². The molecule has 11 heteroatoms. The van der Waals surface area contributed by atoms with Gasteiger partial charge in [-0.25, -0.2) is 0 Å². The number of hydrogen-bond acceptors (Lipinski definition) is 11. The summed E-state index contributed by atoms with van der Waals surface area (Å²) in [6.45, 7) is 5.58. The van der Waals surface area contributed by atoms with E-state index >= 15 is 0 Å². The number of carbonyl (C=O) groups is 1. The Labute approximate surface area is 201 Å². The number of ketones is 1. The van der Waals surface area contributed by atoms with Gasteiger partial charge in [0.05, 0.1) is 0 Å². The summed E-state index contributed by atoms with van der Waals surface area (Å²) in [6, 6.07) is 8.10. The molecule has 5 rings (SSSR count). The van der Waals surface area contributed by atoms with E-state index in [1.54, 1.807) is 0 Å². The van der Waals surface area contributed by atoms with E-state index in [1.807, 2.05) is 31.2 Å². The summed E-state index contributed by atoms with van der Waals surface area (Å²) in [5.74, 6) is 1.77. The third-order valence-corrected chi connectivity index (χ3v) is 7.30. The molecule has 0 amide bonds. The van der Waals surface area contributed by atoms with Crippen molar-refractivity contribution in [1.82, 2.24) is 30.0 Å². The van der Waals surface area contributed by atoms with E-state index in [4.69, 9.17) is 4.98 Å². The first kappa shape index (κ1) is 22.2. The molecule has 3 heterocycles. The Morgan fingerprint density at radius 2 is 1.85 bits per heavy atom. The number of anilines is 3. The Morgan fingerprint density at radius 1 is 1.09 bits per heavy atom. The zero-order valence-corrected chi connectivity index (χ0v) is 20.3. The van der Waals surface area contributed by atoms with Gasteiger partial charge >= 0.3 is 0 Å². The molecule has 1 saturated heterocycles. The minimum absolute atomic E-state index is 0.292. The number of carbonyl (C=O) groups excluding carboxylic acids is 1. The molecule has 3 aromatic rings. The van der Waals surface area contributed by atoms with Crippen LogP contribution in [0.25, 0.3) is 0 Å². The van der Waals surface area contributed by atoms with Crippen LogP contribution in [-0.2, 0) is 11.2 Å². The zero-order chi connectivity index (χ0) is 22.8. The molecular weight excluding hydrogens is 456 g/mol. The van der Waals surface area contributed by atoms with Crippen LogP contribution in [0.15, 0.2) is 34.3 Å². The van der Waals surface area contributed by atoms with Crippen LogP contribution in [0.1, 0.15) is 23.4 Å². The summed E-state index contributed by atoms with van der Waals surface area (Å²) in [5.41, 5.74) is 1.05. The second-order valence-corrected chi connectivity index (χ2v) is 10.7. The SMILES string of the molecule is Cc1nnc(Nc2nc(Sc3ccc(CC(=O)C4CC4)cc3)nc(N3CCN(C)CC3)n2)s1. The highest BCUT2D eigenvalue weighted by Gasteiger charge is 2.29. The molecule has 9 nitrogen and oxygen atoms in total. The first-order valence-electron chi connectivity index (χ1n) is 11.1. The van der Waals surface area contributed by atoms with E-state index in [0.29, 0.717) is 40.3 Å². The Kier molecular flexibility index (Phi) is 6.52. The average molecular weight is 483 g/mol. The monoisotopic (exact) mass is 482 g/mol. The number of Topliss-reactive ketones (excluding diaryl/α,β-unsaturated/α-hetero) is 1. The van der Waals surface area contributed by atoms with Crippen molar-refractivity contribution in [1.29, 1.82) is 0 Å². The van der Waals surface area contributed by atoms with E-state index < -0.39 is 0 Å². The molecule has 0 spiro atoms. The first-order chi connectivity index (χ1) is 16.0. The molecule has 0 radical (unpaired) electrons. The van der Waals surface area contributed by atoms with E-state index in [1.165, 1.54) is 23.1 Å². The summed E-state index contributed by atoms with van der Waals surface area (Å²) in [6.07, 6.45) is 2.62. The lowest BCUT2D eigenvalue weighted by Crippen LogP contribution is -2.45. The van der Waals surface area contributed by atoms with Crippen molar-refractivity contribution in [2.45, 2.75) is 36.2 Å². The van der Waals surface area contributed by atoms with Crippen LogP contribution < -0.4 is 10.2 Å². The van der Waals surface area contributed by atoms with E-state index in [-0.39, 0.29) is 0 Å². The topological polar surface area (TPSA) is 100 Å². The summed E-state index contributed by atoms with van der Waals surface area (Å²) >= 11 is 2.94. The minimum atomic E-state index is 0.292. The van der Waals surface area contributed by atoms with Crippen LogP contribution in [0.5, 0.6) is 0 Å². The predicted octanol–water partition coefficient (Wildman–Crippen LogP) is 3.20. The largest absolute Gasteiger partial charge is 0.338 e. The number of likely N-dealkylation sites (N-methyl/N-ethyl adjacent to an activating group) is 1. The van der Waals surface area contributed by atoms with Crippen LogP contribution in [0.4, 0.5) is 17.0 Å². The van der Waals surface area contributed by atoms with Gasteiger partial charge in [0.15, 0.2) is 5.16 Å². The number of aryl methyl sites for hydroxylation is 1. The molecule has 1 aromatic carbocycles. The third-order valence-electron chi connectivity index (χ3n) is 5.68. The predicted molar refractivity (Wildman–Crippen MR) is 129 cm³/mol. The molecule has 1 aliphatic heterocycles. The quantitative estimate of drug-likeness (QED) is 0.515. The molecule has 0 atom stereocenters. The molecule has 1 saturated carbocycles. The van der Waals surface area contributed by atoms with Gasteiger partial charge in [-0.1, -0.05) is 23.5 Å². The normalized spacial score (nSPS) is 16.7. The van der Waals surface area contributed by atoms with Crippen molar-refractivity contribution in [2.24, 2.45) is 5.92 Å². The van der Waals surface area contributed by atoms with Gasteiger partial charge in [-0.3, -0.25) is 10.1 Å².